The zero-order valence-electron chi connectivity index (χ0n) is 12.4. The summed E-state index contributed by atoms with van der Waals surface area (Å²) in [6.45, 7) is 1.23. The smallest absolute Gasteiger partial charge is 0.258 e. The van der Waals surface area contributed by atoms with Gasteiger partial charge in [-0.05, 0) is 29.8 Å². The second kappa shape index (κ2) is 7.00. The molecule has 3 rings (SSSR count). The molecule has 0 aromatic heterocycles. The first-order valence-electron chi connectivity index (χ1n) is 7.24. The summed E-state index contributed by atoms with van der Waals surface area (Å²) in [6, 6.07) is 11.1. The van der Waals surface area contributed by atoms with Gasteiger partial charge in [-0.25, -0.2) is 4.39 Å². The summed E-state index contributed by atoms with van der Waals surface area (Å²) in [6.07, 6.45) is 0. The minimum Gasteiger partial charge on any atom is -0.486 e. The van der Waals surface area contributed by atoms with Crippen LogP contribution in [0.2, 0.25) is 0 Å². The highest BCUT2D eigenvalue weighted by atomic mass is 19.1. The number of fused-ring (bicyclic) bond motifs is 1. The second-order valence-electron chi connectivity index (χ2n) is 5.00. The molecule has 1 heterocycles. The number of halogens is 1. The molecule has 6 heteroatoms. The number of hydrogen-bond acceptors (Lipinski definition) is 4. The molecule has 0 aliphatic carbocycles. The fourth-order valence-corrected chi connectivity index (χ4v) is 2.12. The Labute approximate surface area is 133 Å². The molecule has 23 heavy (non-hydrogen) atoms. The van der Waals surface area contributed by atoms with Crippen LogP contribution < -0.4 is 19.5 Å². The number of carbonyl (C=O) groups is 1. The SMILES string of the molecule is O=C(COc1ccc2c(c1)OCCO2)NCc1ccc(F)cc1. The lowest BCUT2D eigenvalue weighted by molar-refractivity contribution is -0.123. The van der Waals surface area contributed by atoms with Crippen LogP contribution in [0.5, 0.6) is 17.2 Å². The zero-order chi connectivity index (χ0) is 16.1. The number of hydrogen-bond donors (Lipinski definition) is 1. The number of amides is 1. The molecule has 0 bridgehead atoms. The third kappa shape index (κ3) is 4.12. The van der Waals surface area contributed by atoms with Gasteiger partial charge in [0.05, 0.1) is 0 Å². The fraction of sp³-hybridized carbons (Fsp3) is 0.235. The quantitative estimate of drug-likeness (QED) is 0.919. The minimum absolute atomic E-state index is 0.110. The predicted octanol–water partition coefficient (Wildman–Crippen LogP) is 2.29. The number of benzene rings is 2. The van der Waals surface area contributed by atoms with E-state index in [0.717, 1.165) is 5.56 Å². The summed E-state index contributed by atoms with van der Waals surface area (Å²) in [4.78, 5) is 11.8. The maximum absolute atomic E-state index is 12.8. The van der Waals surface area contributed by atoms with Crippen LogP contribution in [0.1, 0.15) is 5.56 Å². The first kappa shape index (κ1) is 15.1. The van der Waals surface area contributed by atoms with E-state index in [9.17, 15) is 9.18 Å². The van der Waals surface area contributed by atoms with E-state index in [1.807, 2.05) is 0 Å². The van der Waals surface area contributed by atoms with Gasteiger partial charge in [0.15, 0.2) is 18.1 Å². The molecule has 2 aromatic carbocycles. The molecule has 0 unspecified atom stereocenters. The molecule has 1 N–H and O–H groups in total. The molecule has 1 aliphatic heterocycles. The summed E-state index contributed by atoms with van der Waals surface area (Å²) < 4.78 is 29.1. The van der Waals surface area contributed by atoms with Crippen LogP contribution in [0, 0.1) is 5.82 Å². The summed E-state index contributed by atoms with van der Waals surface area (Å²) in [5.41, 5.74) is 0.819. The molecule has 0 fully saturated rings. The van der Waals surface area contributed by atoms with Gasteiger partial charge in [-0.15, -0.1) is 0 Å². The molecule has 0 radical (unpaired) electrons. The van der Waals surface area contributed by atoms with Gasteiger partial charge in [0.25, 0.3) is 5.91 Å². The molecule has 0 saturated heterocycles. The number of nitrogens with one attached hydrogen (secondary N) is 1. The van der Waals surface area contributed by atoms with Crippen molar-refractivity contribution in [2.24, 2.45) is 0 Å². The molecule has 0 atom stereocenters. The van der Waals surface area contributed by atoms with Crippen molar-refractivity contribution < 1.29 is 23.4 Å². The lowest BCUT2D eigenvalue weighted by Crippen LogP contribution is -2.28. The van der Waals surface area contributed by atoms with Crippen LogP contribution in [0.25, 0.3) is 0 Å². The van der Waals surface area contributed by atoms with E-state index < -0.39 is 0 Å². The monoisotopic (exact) mass is 317 g/mol. The van der Waals surface area contributed by atoms with Crippen molar-refractivity contribution in [3.63, 3.8) is 0 Å². The van der Waals surface area contributed by atoms with E-state index in [0.29, 0.717) is 37.0 Å². The van der Waals surface area contributed by atoms with Crippen molar-refractivity contribution in [2.45, 2.75) is 6.54 Å². The molecule has 0 saturated carbocycles. The van der Waals surface area contributed by atoms with Gasteiger partial charge in [0.2, 0.25) is 0 Å². The lowest BCUT2D eigenvalue weighted by atomic mass is 10.2. The average molecular weight is 317 g/mol. The normalized spacial score (nSPS) is 12.6. The van der Waals surface area contributed by atoms with E-state index in [2.05, 4.69) is 5.32 Å². The largest absolute Gasteiger partial charge is 0.486 e. The summed E-state index contributed by atoms with van der Waals surface area (Å²) in [5.74, 6) is 1.25. The molecule has 0 spiro atoms. The predicted molar refractivity (Wildman–Crippen MR) is 81.2 cm³/mol. The van der Waals surface area contributed by atoms with E-state index in [1.165, 1.54) is 12.1 Å². The van der Waals surface area contributed by atoms with Gasteiger partial charge in [-0.3, -0.25) is 4.79 Å². The van der Waals surface area contributed by atoms with E-state index in [-0.39, 0.29) is 18.3 Å². The Morgan fingerprint density at radius 3 is 2.61 bits per heavy atom. The number of carbonyl (C=O) groups excluding carboxylic acids is 1. The Bertz CT molecular complexity index is 687. The highest BCUT2D eigenvalue weighted by Crippen LogP contribution is 2.33. The van der Waals surface area contributed by atoms with Crippen molar-refractivity contribution in [1.29, 1.82) is 0 Å². The maximum Gasteiger partial charge on any atom is 0.258 e. The molecule has 5 nitrogen and oxygen atoms in total. The summed E-state index contributed by atoms with van der Waals surface area (Å²) in [7, 11) is 0. The topological polar surface area (TPSA) is 56.8 Å². The summed E-state index contributed by atoms with van der Waals surface area (Å²) in [5, 5.41) is 2.71. The highest BCUT2D eigenvalue weighted by Gasteiger charge is 2.12. The van der Waals surface area contributed by atoms with Gasteiger partial charge in [0, 0.05) is 12.6 Å². The first-order chi connectivity index (χ1) is 11.2. The first-order valence-corrected chi connectivity index (χ1v) is 7.24. The molecular weight excluding hydrogens is 301 g/mol. The molecule has 2 aromatic rings. The second-order valence-corrected chi connectivity index (χ2v) is 5.00. The Hall–Kier alpha value is -2.76. The molecular formula is C17H16FNO4. The molecule has 1 aliphatic rings. The molecule has 120 valence electrons. The Kier molecular flexibility index (Phi) is 4.61. The van der Waals surface area contributed by atoms with Gasteiger partial charge < -0.3 is 19.5 Å². The zero-order valence-corrected chi connectivity index (χ0v) is 12.4. The van der Waals surface area contributed by atoms with Crippen LogP contribution in [0.3, 0.4) is 0 Å². The summed E-state index contributed by atoms with van der Waals surface area (Å²) >= 11 is 0. The standard InChI is InChI=1S/C17H16FNO4/c18-13-3-1-12(2-4-13)10-19-17(20)11-23-14-5-6-15-16(9-14)22-8-7-21-15/h1-6,9H,7-8,10-11H2,(H,19,20). The van der Waals surface area contributed by atoms with Gasteiger partial charge >= 0.3 is 0 Å². The van der Waals surface area contributed by atoms with Gasteiger partial charge in [-0.2, -0.15) is 0 Å². The van der Waals surface area contributed by atoms with Crippen LogP contribution in [-0.4, -0.2) is 25.7 Å². The fourth-order valence-electron chi connectivity index (χ4n) is 2.12. The van der Waals surface area contributed by atoms with Crippen molar-refractivity contribution >= 4 is 5.91 Å². The Balaban J connectivity index is 1.48. The van der Waals surface area contributed by atoms with Gasteiger partial charge in [0.1, 0.15) is 24.8 Å². The maximum atomic E-state index is 12.8. The van der Waals surface area contributed by atoms with Crippen molar-refractivity contribution in [3.8, 4) is 17.2 Å². The third-order valence-electron chi connectivity index (χ3n) is 3.29. The number of ether oxygens (including phenoxy) is 3. The van der Waals surface area contributed by atoms with Crippen molar-refractivity contribution in [2.75, 3.05) is 19.8 Å². The van der Waals surface area contributed by atoms with E-state index in [4.69, 9.17) is 14.2 Å². The Morgan fingerprint density at radius 2 is 1.83 bits per heavy atom. The lowest BCUT2D eigenvalue weighted by Gasteiger charge is -2.18. The van der Waals surface area contributed by atoms with Crippen LogP contribution in [-0.2, 0) is 11.3 Å². The van der Waals surface area contributed by atoms with E-state index >= 15 is 0 Å². The average Bonchev–Trinajstić information content (AvgIpc) is 2.59. The Morgan fingerprint density at radius 1 is 1.09 bits per heavy atom. The van der Waals surface area contributed by atoms with Crippen LogP contribution >= 0.6 is 0 Å². The number of rotatable bonds is 5. The highest BCUT2D eigenvalue weighted by molar-refractivity contribution is 5.77. The minimum atomic E-state index is -0.304. The van der Waals surface area contributed by atoms with E-state index in [1.54, 1.807) is 30.3 Å². The van der Waals surface area contributed by atoms with Crippen molar-refractivity contribution in [1.82, 2.24) is 5.32 Å². The van der Waals surface area contributed by atoms with Crippen LogP contribution in [0.4, 0.5) is 4.39 Å². The molecule has 1 amide bonds. The van der Waals surface area contributed by atoms with Crippen LogP contribution in [0.15, 0.2) is 42.5 Å². The third-order valence-corrected chi connectivity index (χ3v) is 3.29. The van der Waals surface area contributed by atoms with Crippen molar-refractivity contribution in [3.05, 3.63) is 53.8 Å². The van der Waals surface area contributed by atoms with Gasteiger partial charge in [-0.1, -0.05) is 12.1 Å².